The Bertz CT molecular complexity index is 215. The van der Waals surface area contributed by atoms with Crippen molar-refractivity contribution in [2.45, 2.75) is 84.2 Å². The maximum absolute atomic E-state index is 6.22. The molecule has 0 heterocycles. The molecule has 0 amide bonds. The van der Waals surface area contributed by atoms with Crippen LogP contribution in [0.15, 0.2) is 0 Å². The van der Waals surface area contributed by atoms with E-state index in [-0.39, 0.29) is 0 Å². The van der Waals surface area contributed by atoms with Gasteiger partial charge in [-0.1, -0.05) is 47.0 Å². The van der Waals surface area contributed by atoms with Crippen LogP contribution in [0.4, 0.5) is 0 Å². The molecule has 1 aliphatic rings. The Kier molecular flexibility index (Phi) is 6.65. The number of hydrogen-bond acceptors (Lipinski definition) is 2. The highest BCUT2D eigenvalue weighted by Crippen LogP contribution is 2.36. The molecule has 0 spiro atoms. The minimum absolute atomic E-state index is 0.305. The van der Waals surface area contributed by atoms with Crippen LogP contribution in [-0.4, -0.2) is 29.6 Å². The van der Waals surface area contributed by atoms with E-state index in [0.29, 0.717) is 11.6 Å². The highest BCUT2D eigenvalue weighted by atomic mass is 15.2. The summed E-state index contributed by atoms with van der Waals surface area (Å²) >= 11 is 0. The van der Waals surface area contributed by atoms with Crippen molar-refractivity contribution in [3.63, 3.8) is 0 Å². The molecule has 1 saturated carbocycles. The smallest absolute Gasteiger partial charge is 0.0334 e. The van der Waals surface area contributed by atoms with E-state index in [2.05, 4.69) is 32.6 Å². The van der Waals surface area contributed by atoms with Crippen LogP contribution in [0.3, 0.4) is 0 Å². The van der Waals surface area contributed by atoms with Crippen LogP contribution >= 0.6 is 0 Å². The van der Waals surface area contributed by atoms with Crippen molar-refractivity contribution in [3.8, 4) is 0 Å². The van der Waals surface area contributed by atoms with Gasteiger partial charge in [-0.05, 0) is 31.6 Å². The zero-order valence-electron chi connectivity index (χ0n) is 13.0. The van der Waals surface area contributed by atoms with Gasteiger partial charge < -0.3 is 5.73 Å². The predicted octanol–water partition coefficient (Wildman–Crippen LogP) is 3.79. The minimum atomic E-state index is 0.305. The van der Waals surface area contributed by atoms with Gasteiger partial charge in [-0.25, -0.2) is 0 Å². The van der Waals surface area contributed by atoms with Gasteiger partial charge in [0.05, 0.1) is 0 Å². The van der Waals surface area contributed by atoms with Crippen LogP contribution in [0.5, 0.6) is 0 Å². The summed E-state index contributed by atoms with van der Waals surface area (Å²) in [6.07, 6.45) is 9.27. The molecule has 1 aliphatic carbocycles. The lowest BCUT2D eigenvalue weighted by molar-refractivity contribution is 0.00561. The van der Waals surface area contributed by atoms with E-state index < -0.39 is 0 Å². The molecule has 2 nitrogen and oxygen atoms in total. The maximum Gasteiger partial charge on any atom is 0.0334 e. The van der Waals surface area contributed by atoms with E-state index in [1.807, 2.05) is 0 Å². The lowest BCUT2D eigenvalue weighted by Crippen LogP contribution is -2.59. The van der Waals surface area contributed by atoms with Crippen LogP contribution in [-0.2, 0) is 0 Å². The number of nitrogens with two attached hydrogens (primary N) is 1. The standard InChI is InChI=1S/C16H34N2/c1-5-15(6-2)18(12-14(3)4)16(13-17)10-8-7-9-11-16/h14-15H,5-13,17H2,1-4H3. The quantitative estimate of drug-likeness (QED) is 0.749. The average Bonchev–Trinajstić information content (AvgIpc) is 2.39. The molecular formula is C16H34N2. The molecule has 2 N–H and O–H groups in total. The molecule has 0 aliphatic heterocycles. The molecule has 2 heteroatoms. The van der Waals surface area contributed by atoms with E-state index >= 15 is 0 Å². The second-order valence-corrected chi connectivity index (χ2v) is 6.51. The predicted molar refractivity (Wildman–Crippen MR) is 80.8 cm³/mol. The molecule has 18 heavy (non-hydrogen) atoms. The van der Waals surface area contributed by atoms with Crippen LogP contribution < -0.4 is 5.73 Å². The Morgan fingerprint density at radius 1 is 1.06 bits per heavy atom. The fraction of sp³-hybridized carbons (Fsp3) is 1.00. The number of hydrogen-bond donors (Lipinski definition) is 1. The molecule has 0 radical (unpaired) electrons. The number of rotatable bonds is 7. The fourth-order valence-electron chi connectivity index (χ4n) is 3.67. The maximum atomic E-state index is 6.22. The molecule has 0 bridgehead atoms. The van der Waals surface area contributed by atoms with Gasteiger partial charge in [0, 0.05) is 24.7 Å². The van der Waals surface area contributed by atoms with E-state index in [1.54, 1.807) is 0 Å². The zero-order valence-corrected chi connectivity index (χ0v) is 13.0. The van der Waals surface area contributed by atoms with Crippen molar-refractivity contribution < 1.29 is 0 Å². The lowest BCUT2D eigenvalue weighted by Gasteiger charge is -2.50. The molecule has 0 aromatic heterocycles. The molecule has 1 rings (SSSR count). The Morgan fingerprint density at radius 3 is 2.00 bits per heavy atom. The highest BCUT2D eigenvalue weighted by molar-refractivity contribution is 4.96. The fourth-order valence-corrected chi connectivity index (χ4v) is 3.67. The second kappa shape index (κ2) is 7.49. The normalized spacial score (nSPS) is 20.0. The first-order chi connectivity index (χ1) is 8.59. The Morgan fingerprint density at radius 2 is 1.61 bits per heavy atom. The molecule has 0 saturated heterocycles. The summed E-state index contributed by atoms with van der Waals surface area (Å²) < 4.78 is 0. The van der Waals surface area contributed by atoms with Crippen LogP contribution in [0.2, 0.25) is 0 Å². The van der Waals surface area contributed by atoms with Crippen molar-refractivity contribution in [1.29, 1.82) is 0 Å². The first kappa shape index (κ1) is 16.0. The van der Waals surface area contributed by atoms with Crippen LogP contribution in [0.25, 0.3) is 0 Å². The Hall–Kier alpha value is -0.0800. The molecule has 0 atom stereocenters. The van der Waals surface area contributed by atoms with E-state index in [0.717, 1.165) is 12.5 Å². The van der Waals surface area contributed by atoms with Gasteiger partial charge in [0.15, 0.2) is 0 Å². The monoisotopic (exact) mass is 254 g/mol. The van der Waals surface area contributed by atoms with E-state index in [9.17, 15) is 0 Å². The van der Waals surface area contributed by atoms with Crippen molar-refractivity contribution in [3.05, 3.63) is 0 Å². The Labute approximate surface area is 114 Å². The van der Waals surface area contributed by atoms with E-state index in [1.165, 1.54) is 51.5 Å². The SMILES string of the molecule is CCC(CC)N(CC(C)C)C1(CN)CCCCC1. The summed E-state index contributed by atoms with van der Waals surface area (Å²) in [5, 5.41) is 0. The summed E-state index contributed by atoms with van der Waals surface area (Å²) in [5.74, 6) is 0.732. The van der Waals surface area contributed by atoms with Crippen molar-refractivity contribution in [2.75, 3.05) is 13.1 Å². The molecule has 0 aromatic carbocycles. The summed E-state index contributed by atoms with van der Waals surface area (Å²) in [4.78, 5) is 2.79. The molecular weight excluding hydrogens is 220 g/mol. The van der Waals surface area contributed by atoms with Gasteiger partial charge in [-0.3, -0.25) is 4.90 Å². The first-order valence-corrected chi connectivity index (χ1v) is 8.06. The van der Waals surface area contributed by atoms with Gasteiger partial charge in [0.2, 0.25) is 0 Å². The van der Waals surface area contributed by atoms with Gasteiger partial charge in [0.1, 0.15) is 0 Å². The lowest BCUT2D eigenvalue weighted by atomic mass is 9.78. The third-order valence-electron chi connectivity index (χ3n) is 4.72. The zero-order chi connectivity index (χ0) is 13.6. The molecule has 1 fully saturated rings. The topological polar surface area (TPSA) is 29.3 Å². The third kappa shape index (κ3) is 3.71. The van der Waals surface area contributed by atoms with Crippen LogP contribution in [0.1, 0.15) is 72.6 Å². The second-order valence-electron chi connectivity index (χ2n) is 6.51. The van der Waals surface area contributed by atoms with Crippen LogP contribution in [0, 0.1) is 5.92 Å². The molecule has 0 unspecified atom stereocenters. The van der Waals surface area contributed by atoms with Crippen molar-refractivity contribution in [1.82, 2.24) is 4.90 Å². The summed E-state index contributed by atoms with van der Waals surface area (Å²) in [6.45, 7) is 11.4. The summed E-state index contributed by atoms with van der Waals surface area (Å²) in [7, 11) is 0. The third-order valence-corrected chi connectivity index (χ3v) is 4.72. The minimum Gasteiger partial charge on any atom is -0.329 e. The van der Waals surface area contributed by atoms with Crippen molar-refractivity contribution in [2.24, 2.45) is 11.7 Å². The summed E-state index contributed by atoms with van der Waals surface area (Å²) in [6, 6.07) is 0.717. The average molecular weight is 254 g/mol. The first-order valence-electron chi connectivity index (χ1n) is 8.06. The van der Waals surface area contributed by atoms with Gasteiger partial charge in [0.25, 0.3) is 0 Å². The highest BCUT2D eigenvalue weighted by Gasteiger charge is 2.39. The molecule has 0 aromatic rings. The summed E-state index contributed by atoms with van der Waals surface area (Å²) in [5.41, 5.74) is 6.53. The van der Waals surface area contributed by atoms with Gasteiger partial charge >= 0.3 is 0 Å². The van der Waals surface area contributed by atoms with Crippen molar-refractivity contribution >= 4 is 0 Å². The number of nitrogens with zero attached hydrogens (tertiary/aromatic N) is 1. The van der Waals surface area contributed by atoms with Gasteiger partial charge in [-0.2, -0.15) is 0 Å². The largest absolute Gasteiger partial charge is 0.329 e. The Balaban J connectivity index is 2.89. The molecule has 108 valence electrons. The van der Waals surface area contributed by atoms with Gasteiger partial charge in [-0.15, -0.1) is 0 Å². The van der Waals surface area contributed by atoms with E-state index in [4.69, 9.17) is 5.73 Å².